The monoisotopic (exact) mass is 288 g/mol. The molecule has 21 heavy (non-hydrogen) atoms. The van der Waals surface area contributed by atoms with Crippen molar-refractivity contribution >= 4 is 16.9 Å². The van der Waals surface area contributed by atoms with E-state index in [4.69, 9.17) is 10.6 Å². The molecule has 0 saturated carbocycles. The number of benzene rings is 1. The summed E-state index contributed by atoms with van der Waals surface area (Å²) in [5.41, 5.74) is 6.73. The van der Waals surface area contributed by atoms with Crippen molar-refractivity contribution in [1.82, 2.24) is 15.0 Å². The van der Waals surface area contributed by atoms with Crippen LogP contribution in [0.5, 0.6) is 0 Å². The number of hydrogen-bond acceptors (Lipinski definition) is 4. The second-order valence-electron chi connectivity index (χ2n) is 5.65. The van der Waals surface area contributed by atoms with Crippen molar-refractivity contribution in [3.8, 4) is 0 Å². The van der Waals surface area contributed by atoms with Gasteiger partial charge in [-0.05, 0) is 49.9 Å². The normalized spacial score (nSPS) is 21.9. The molecule has 1 amide bonds. The summed E-state index contributed by atoms with van der Waals surface area (Å²) in [5.74, 6) is 4.89. The van der Waals surface area contributed by atoms with Gasteiger partial charge in [0.15, 0.2) is 0 Å². The Bertz CT molecular complexity index is 680. The standard InChI is InChI=1S/C15H20N4O2/c1-9-5-12-13(6-10(9)2)19(8-17-12)7-11-3-4-14(21-11)15(20)18-16/h5-6,8,11,14H,3-4,7,16H2,1-2H3,(H,18,20). The summed E-state index contributed by atoms with van der Waals surface area (Å²) in [6, 6.07) is 4.25. The van der Waals surface area contributed by atoms with E-state index in [1.54, 1.807) is 0 Å². The SMILES string of the molecule is Cc1cc2ncn(CC3CCC(C(=O)NN)O3)c2cc1C. The molecule has 112 valence electrons. The molecule has 6 nitrogen and oxygen atoms in total. The Morgan fingerprint density at radius 3 is 2.95 bits per heavy atom. The van der Waals surface area contributed by atoms with Gasteiger partial charge in [-0.15, -0.1) is 0 Å². The Hall–Kier alpha value is -1.92. The number of imidazole rings is 1. The first kappa shape index (κ1) is 14.0. The highest BCUT2D eigenvalue weighted by Gasteiger charge is 2.30. The highest BCUT2D eigenvalue weighted by atomic mass is 16.5. The van der Waals surface area contributed by atoms with Crippen LogP contribution in [0.1, 0.15) is 24.0 Å². The van der Waals surface area contributed by atoms with Crippen molar-refractivity contribution in [1.29, 1.82) is 0 Å². The second kappa shape index (κ2) is 5.46. The van der Waals surface area contributed by atoms with Gasteiger partial charge in [-0.25, -0.2) is 10.8 Å². The van der Waals surface area contributed by atoms with E-state index in [0.717, 1.165) is 17.5 Å². The number of carbonyl (C=O) groups excluding carboxylic acids is 1. The van der Waals surface area contributed by atoms with Gasteiger partial charge in [0.05, 0.1) is 30.0 Å². The number of nitrogens with two attached hydrogens (primary N) is 1. The fraction of sp³-hybridized carbons (Fsp3) is 0.467. The lowest BCUT2D eigenvalue weighted by Crippen LogP contribution is -2.39. The minimum atomic E-state index is -0.432. The Kier molecular flexibility index (Phi) is 3.65. The van der Waals surface area contributed by atoms with Gasteiger partial charge in [-0.1, -0.05) is 0 Å². The minimum absolute atomic E-state index is 0.0197. The van der Waals surface area contributed by atoms with Crippen molar-refractivity contribution < 1.29 is 9.53 Å². The van der Waals surface area contributed by atoms with E-state index in [1.807, 2.05) is 6.33 Å². The molecule has 3 rings (SSSR count). The van der Waals surface area contributed by atoms with Crippen molar-refractivity contribution in [2.45, 2.75) is 45.4 Å². The molecule has 1 aromatic carbocycles. The molecular weight excluding hydrogens is 268 g/mol. The average Bonchev–Trinajstić information content (AvgIpc) is 3.08. The van der Waals surface area contributed by atoms with E-state index in [9.17, 15) is 4.79 Å². The molecule has 1 saturated heterocycles. The number of rotatable bonds is 3. The summed E-state index contributed by atoms with van der Waals surface area (Å²) in [7, 11) is 0. The minimum Gasteiger partial charge on any atom is -0.363 e. The first-order chi connectivity index (χ1) is 10.1. The van der Waals surface area contributed by atoms with Gasteiger partial charge in [0.2, 0.25) is 0 Å². The van der Waals surface area contributed by atoms with Crippen LogP contribution in [0, 0.1) is 13.8 Å². The van der Waals surface area contributed by atoms with E-state index in [1.165, 1.54) is 11.1 Å². The van der Waals surface area contributed by atoms with Crippen LogP contribution in [0.4, 0.5) is 0 Å². The van der Waals surface area contributed by atoms with Crippen molar-refractivity contribution in [2.24, 2.45) is 5.84 Å². The molecule has 0 bridgehead atoms. The molecule has 2 heterocycles. The van der Waals surface area contributed by atoms with Gasteiger partial charge in [-0.2, -0.15) is 0 Å². The number of aryl methyl sites for hydroxylation is 2. The molecule has 2 unspecified atom stereocenters. The number of carbonyl (C=O) groups is 1. The third kappa shape index (κ3) is 2.64. The number of nitrogens with one attached hydrogen (secondary N) is 1. The fourth-order valence-electron chi connectivity index (χ4n) is 2.80. The third-order valence-corrected chi connectivity index (χ3v) is 4.18. The summed E-state index contributed by atoms with van der Waals surface area (Å²) in [6.07, 6.45) is 2.98. The van der Waals surface area contributed by atoms with Gasteiger partial charge in [0, 0.05) is 0 Å². The summed E-state index contributed by atoms with van der Waals surface area (Å²) in [5, 5.41) is 0. The zero-order valence-electron chi connectivity index (χ0n) is 12.3. The van der Waals surface area contributed by atoms with Crippen LogP contribution in [0.2, 0.25) is 0 Å². The topological polar surface area (TPSA) is 82.2 Å². The zero-order valence-corrected chi connectivity index (χ0v) is 12.3. The van der Waals surface area contributed by atoms with Crippen LogP contribution in [-0.4, -0.2) is 27.7 Å². The van der Waals surface area contributed by atoms with Gasteiger partial charge < -0.3 is 9.30 Å². The smallest absolute Gasteiger partial charge is 0.263 e. The lowest BCUT2D eigenvalue weighted by atomic mass is 10.1. The predicted molar refractivity (Wildman–Crippen MR) is 79.4 cm³/mol. The summed E-state index contributed by atoms with van der Waals surface area (Å²) in [6.45, 7) is 4.89. The molecule has 3 N–H and O–H groups in total. The Labute approximate surface area is 123 Å². The molecule has 1 aliphatic rings. The average molecular weight is 288 g/mol. The van der Waals surface area contributed by atoms with E-state index in [-0.39, 0.29) is 12.0 Å². The maximum Gasteiger partial charge on any atom is 0.263 e. The van der Waals surface area contributed by atoms with E-state index < -0.39 is 6.10 Å². The number of hydrazine groups is 1. The largest absolute Gasteiger partial charge is 0.363 e. The first-order valence-electron chi connectivity index (χ1n) is 7.16. The zero-order chi connectivity index (χ0) is 15.0. The molecular formula is C15H20N4O2. The van der Waals surface area contributed by atoms with Crippen LogP contribution in [0.3, 0.4) is 0 Å². The quantitative estimate of drug-likeness (QED) is 0.505. The van der Waals surface area contributed by atoms with Gasteiger partial charge in [0.1, 0.15) is 6.10 Å². The molecule has 1 aromatic heterocycles. The van der Waals surface area contributed by atoms with Crippen LogP contribution in [-0.2, 0) is 16.1 Å². The van der Waals surface area contributed by atoms with Crippen LogP contribution in [0.25, 0.3) is 11.0 Å². The fourth-order valence-corrected chi connectivity index (χ4v) is 2.80. The number of fused-ring (bicyclic) bond motifs is 1. The highest BCUT2D eigenvalue weighted by Crippen LogP contribution is 2.24. The van der Waals surface area contributed by atoms with E-state index in [0.29, 0.717) is 13.0 Å². The first-order valence-corrected chi connectivity index (χ1v) is 7.16. The maximum atomic E-state index is 11.5. The van der Waals surface area contributed by atoms with E-state index >= 15 is 0 Å². The summed E-state index contributed by atoms with van der Waals surface area (Å²) in [4.78, 5) is 15.9. The molecule has 1 aliphatic heterocycles. The van der Waals surface area contributed by atoms with E-state index in [2.05, 4.69) is 41.0 Å². The lowest BCUT2D eigenvalue weighted by Gasteiger charge is -2.14. The van der Waals surface area contributed by atoms with Crippen molar-refractivity contribution in [3.05, 3.63) is 29.6 Å². The Morgan fingerprint density at radius 2 is 2.19 bits per heavy atom. The van der Waals surface area contributed by atoms with Gasteiger partial charge >= 0.3 is 0 Å². The predicted octanol–water partition coefficient (Wildman–Crippen LogP) is 1.19. The lowest BCUT2D eigenvalue weighted by molar-refractivity contribution is -0.132. The van der Waals surface area contributed by atoms with Crippen molar-refractivity contribution in [3.63, 3.8) is 0 Å². The van der Waals surface area contributed by atoms with Crippen LogP contribution < -0.4 is 11.3 Å². The van der Waals surface area contributed by atoms with Crippen LogP contribution >= 0.6 is 0 Å². The molecule has 0 radical (unpaired) electrons. The number of hydrogen-bond donors (Lipinski definition) is 2. The number of amides is 1. The number of aromatic nitrogens is 2. The van der Waals surface area contributed by atoms with Gasteiger partial charge in [0.25, 0.3) is 5.91 Å². The molecule has 2 aromatic rings. The molecule has 2 atom stereocenters. The van der Waals surface area contributed by atoms with Gasteiger partial charge in [-0.3, -0.25) is 10.2 Å². The molecule has 0 aliphatic carbocycles. The summed E-state index contributed by atoms with van der Waals surface area (Å²) >= 11 is 0. The van der Waals surface area contributed by atoms with Crippen LogP contribution in [0.15, 0.2) is 18.5 Å². The Balaban J connectivity index is 1.77. The second-order valence-corrected chi connectivity index (χ2v) is 5.65. The molecule has 1 fully saturated rings. The maximum absolute atomic E-state index is 11.5. The summed E-state index contributed by atoms with van der Waals surface area (Å²) < 4.78 is 7.84. The molecule has 0 spiro atoms. The van der Waals surface area contributed by atoms with Crippen molar-refractivity contribution in [2.75, 3.05) is 0 Å². The molecule has 6 heteroatoms. The third-order valence-electron chi connectivity index (χ3n) is 4.18. The highest BCUT2D eigenvalue weighted by molar-refractivity contribution is 5.80. The Morgan fingerprint density at radius 1 is 1.43 bits per heavy atom. The number of ether oxygens (including phenoxy) is 1. The number of nitrogens with zero attached hydrogens (tertiary/aromatic N) is 2.